The molecule has 0 aliphatic heterocycles. The van der Waals surface area contributed by atoms with Crippen molar-refractivity contribution in [2.75, 3.05) is 0 Å². The Balaban J connectivity index is 2.51. The highest BCUT2D eigenvalue weighted by atomic mass is 79.9. The van der Waals surface area contributed by atoms with Gasteiger partial charge in [-0.3, -0.25) is 4.79 Å². The molecule has 1 amide bonds. The molecule has 4 heteroatoms. The van der Waals surface area contributed by atoms with Gasteiger partial charge in [0.15, 0.2) is 0 Å². The monoisotopic (exact) mass is 312 g/mol. The highest BCUT2D eigenvalue weighted by Crippen LogP contribution is 2.13. The maximum Gasteiger partial charge on any atom is 0.224 e. The lowest BCUT2D eigenvalue weighted by Crippen LogP contribution is -2.43. The lowest BCUT2D eigenvalue weighted by molar-refractivity contribution is -0.125. The molecule has 0 bridgehead atoms. The average molecular weight is 313 g/mol. The Kier molecular flexibility index (Phi) is 5.82. The van der Waals surface area contributed by atoms with Crippen molar-refractivity contribution in [2.45, 2.75) is 39.3 Å². The van der Waals surface area contributed by atoms with Crippen LogP contribution in [0, 0.1) is 5.92 Å². The quantitative estimate of drug-likeness (QED) is 0.877. The van der Waals surface area contributed by atoms with Crippen molar-refractivity contribution < 1.29 is 4.79 Å². The first-order valence-electron chi connectivity index (χ1n) is 6.20. The number of carbonyl (C=O) groups is 1. The third-order valence-electron chi connectivity index (χ3n) is 3.02. The fourth-order valence-corrected chi connectivity index (χ4v) is 2.13. The minimum atomic E-state index is -0.157. The van der Waals surface area contributed by atoms with Gasteiger partial charge in [-0.05, 0) is 38.0 Å². The third kappa shape index (κ3) is 4.78. The zero-order chi connectivity index (χ0) is 13.7. The molecule has 100 valence electrons. The molecule has 0 saturated carbocycles. The van der Waals surface area contributed by atoms with Crippen LogP contribution in [0.15, 0.2) is 28.7 Å². The first-order valence-corrected chi connectivity index (χ1v) is 7.00. The summed E-state index contributed by atoms with van der Waals surface area (Å²) in [6, 6.07) is 8.10. The summed E-state index contributed by atoms with van der Waals surface area (Å²) in [5.41, 5.74) is 6.92. The van der Waals surface area contributed by atoms with Crippen molar-refractivity contribution in [3.63, 3.8) is 0 Å². The lowest BCUT2D eigenvalue weighted by atomic mass is 10.0. The molecule has 1 aromatic carbocycles. The molecule has 3 nitrogen and oxygen atoms in total. The van der Waals surface area contributed by atoms with Crippen LogP contribution in [0.3, 0.4) is 0 Å². The standard InChI is InChI=1S/C14H21BrN2O/c1-9(17-14(18)10(2)11(3)16)7-12-5-4-6-13(15)8-12/h4-6,8-11H,7,16H2,1-3H3,(H,17,18). The van der Waals surface area contributed by atoms with Crippen LogP contribution in [0.25, 0.3) is 0 Å². The summed E-state index contributed by atoms with van der Waals surface area (Å²) in [5.74, 6) is -0.137. The number of hydrogen-bond donors (Lipinski definition) is 2. The Morgan fingerprint density at radius 2 is 2.06 bits per heavy atom. The molecule has 0 radical (unpaired) electrons. The molecule has 0 saturated heterocycles. The highest BCUT2D eigenvalue weighted by molar-refractivity contribution is 9.10. The highest BCUT2D eigenvalue weighted by Gasteiger charge is 2.18. The lowest BCUT2D eigenvalue weighted by Gasteiger charge is -2.19. The van der Waals surface area contributed by atoms with Gasteiger partial charge in [0.1, 0.15) is 0 Å². The van der Waals surface area contributed by atoms with Crippen LogP contribution in [-0.2, 0) is 11.2 Å². The molecule has 18 heavy (non-hydrogen) atoms. The fourth-order valence-electron chi connectivity index (χ4n) is 1.68. The van der Waals surface area contributed by atoms with Crippen molar-refractivity contribution in [1.29, 1.82) is 0 Å². The molecule has 0 aliphatic carbocycles. The molecule has 0 fully saturated rings. The van der Waals surface area contributed by atoms with Crippen molar-refractivity contribution in [3.05, 3.63) is 34.3 Å². The van der Waals surface area contributed by atoms with E-state index in [0.29, 0.717) is 0 Å². The van der Waals surface area contributed by atoms with E-state index in [-0.39, 0.29) is 23.9 Å². The Morgan fingerprint density at radius 3 is 2.61 bits per heavy atom. The minimum absolute atomic E-state index is 0.0208. The summed E-state index contributed by atoms with van der Waals surface area (Å²) in [6.07, 6.45) is 0.816. The van der Waals surface area contributed by atoms with Crippen LogP contribution in [0.2, 0.25) is 0 Å². The second-order valence-electron chi connectivity index (χ2n) is 4.89. The molecular formula is C14H21BrN2O. The fraction of sp³-hybridized carbons (Fsp3) is 0.500. The molecule has 1 aromatic rings. The zero-order valence-corrected chi connectivity index (χ0v) is 12.7. The number of nitrogens with two attached hydrogens (primary N) is 1. The second kappa shape index (κ2) is 6.90. The molecule has 3 atom stereocenters. The molecule has 0 aromatic heterocycles. The van der Waals surface area contributed by atoms with Gasteiger partial charge in [-0.1, -0.05) is 35.0 Å². The molecule has 3 unspecified atom stereocenters. The van der Waals surface area contributed by atoms with E-state index in [1.165, 1.54) is 5.56 Å². The Hall–Kier alpha value is -0.870. The first-order chi connectivity index (χ1) is 8.40. The van der Waals surface area contributed by atoms with Gasteiger partial charge in [-0.25, -0.2) is 0 Å². The van der Waals surface area contributed by atoms with Gasteiger partial charge in [0, 0.05) is 22.5 Å². The average Bonchev–Trinajstić information content (AvgIpc) is 2.27. The molecule has 0 heterocycles. The molecular weight excluding hydrogens is 292 g/mol. The second-order valence-corrected chi connectivity index (χ2v) is 5.81. The Morgan fingerprint density at radius 1 is 1.39 bits per heavy atom. The summed E-state index contributed by atoms with van der Waals surface area (Å²) >= 11 is 3.44. The summed E-state index contributed by atoms with van der Waals surface area (Å²) < 4.78 is 1.06. The van der Waals surface area contributed by atoms with Gasteiger partial charge >= 0.3 is 0 Å². The van der Waals surface area contributed by atoms with Crippen molar-refractivity contribution in [1.82, 2.24) is 5.32 Å². The van der Waals surface area contributed by atoms with Gasteiger partial charge in [0.25, 0.3) is 0 Å². The topological polar surface area (TPSA) is 55.1 Å². The third-order valence-corrected chi connectivity index (χ3v) is 3.52. The van der Waals surface area contributed by atoms with E-state index in [9.17, 15) is 4.79 Å². The number of carbonyl (C=O) groups excluding carboxylic acids is 1. The maximum absolute atomic E-state index is 11.9. The Bertz CT molecular complexity index is 407. The van der Waals surface area contributed by atoms with Crippen LogP contribution < -0.4 is 11.1 Å². The maximum atomic E-state index is 11.9. The van der Waals surface area contributed by atoms with Crippen LogP contribution in [0.4, 0.5) is 0 Å². The van der Waals surface area contributed by atoms with Crippen LogP contribution in [0.1, 0.15) is 26.3 Å². The summed E-state index contributed by atoms with van der Waals surface area (Å²) in [6.45, 7) is 5.71. The van der Waals surface area contributed by atoms with E-state index in [1.807, 2.05) is 32.9 Å². The number of amides is 1. The van der Waals surface area contributed by atoms with Gasteiger partial charge in [-0.2, -0.15) is 0 Å². The minimum Gasteiger partial charge on any atom is -0.353 e. The van der Waals surface area contributed by atoms with Gasteiger partial charge in [0.2, 0.25) is 5.91 Å². The van der Waals surface area contributed by atoms with E-state index in [1.54, 1.807) is 0 Å². The van der Waals surface area contributed by atoms with Crippen LogP contribution in [0.5, 0.6) is 0 Å². The van der Waals surface area contributed by atoms with E-state index >= 15 is 0 Å². The summed E-state index contributed by atoms with van der Waals surface area (Å²) in [7, 11) is 0. The Labute approximate surface area is 117 Å². The van der Waals surface area contributed by atoms with E-state index < -0.39 is 0 Å². The van der Waals surface area contributed by atoms with Gasteiger partial charge in [0.05, 0.1) is 0 Å². The van der Waals surface area contributed by atoms with Crippen molar-refractivity contribution in [2.24, 2.45) is 11.7 Å². The predicted octanol–water partition coefficient (Wildman–Crippen LogP) is 2.48. The van der Waals surface area contributed by atoms with E-state index in [2.05, 4.69) is 33.4 Å². The number of halogens is 1. The van der Waals surface area contributed by atoms with E-state index in [0.717, 1.165) is 10.9 Å². The van der Waals surface area contributed by atoms with Gasteiger partial charge < -0.3 is 11.1 Å². The SMILES string of the molecule is CC(Cc1cccc(Br)c1)NC(=O)C(C)C(C)N. The summed E-state index contributed by atoms with van der Waals surface area (Å²) in [4.78, 5) is 11.9. The molecule has 3 N–H and O–H groups in total. The van der Waals surface area contributed by atoms with Crippen molar-refractivity contribution in [3.8, 4) is 0 Å². The predicted molar refractivity (Wildman–Crippen MR) is 78.3 cm³/mol. The van der Waals surface area contributed by atoms with E-state index in [4.69, 9.17) is 5.73 Å². The molecule has 1 rings (SSSR count). The number of rotatable bonds is 5. The van der Waals surface area contributed by atoms with Crippen molar-refractivity contribution >= 4 is 21.8 Å². The largest absolute Gasteiger partial charge is 0.353 e. The number of benzene rings is 1. The molecule has 0 spiro atoms. The number of nitrogens with one attached hydrogen (secondary N) is 1. The normalized spacial score (nSPS) is 15.8. The van der Waals surface area contributed by atoms with Gasteiger partial charge in [-0.15, -0.1) is 0 Å². The molecule has 0 aliphatic rings. The first kappa shape index (κ1) is 15.2. The van der Waals surface area contributed by atoms with Crippen LogP contribution in [-0.4, -0.2) is 18.0 Å². The van der Waals surface area contributed by atoms with Crippen LogP contribution >= 0.6 is 15.9 Å². The smallest absolute Gasteiger partial charge is 0.224 e. The number of hydrogen-bond acceptors (Lipinski definition) is 2. The summed E-state index contributed by atoms with van der Waals surface area (Å²) in [5, 5.41) is 2.99. The zero-order valence-electron chi connectivity index (χ0n) is 11.1.